The Bertz CT molecular complexity index is 920. The van der Waals surface area contributed by atoms with E-state index in [1.165, 1.54) is 31.4 Å². The summed E-state index contributed by atoms with van der Waals surface area (Å²) in [6, 6.07) is 12.1. The van der Waals surface area contributed by atoms with Crippen molar-refractivity contribution >= 4 is 17.6 Å². The Hall–Kier alpha value is -3.75. The molecule has 3 aromatic rings. The van der Waals surface area contributed by atoms with E-state index in [0.717, 1.165) is 0 Å². The van der Waals surface area contributed by atoms with Gasteiger partial charge in [0.25, 0.3) is 17.5 Å². The Labute approximate surface area is 141 Å². The lowest BCUT2D eigenvalue weighted by Gasteiger charge is -2.03. The highest BCUT2D eigenvalue weighted by Crippen LogP contribution is 2.29. The Morgan fingerprint density at radius 3 is 2.56 bits per heavy atom. The van der Waals surface area contributed by atoms with Crippen LogP contribution in [0.5, 0.6) is 5.75 Å². The van der Waals surface area contributed by atoms with Gasteiger partial charge in [0.15, 0.2) is 0 Å². The van der Waals surface area contributed by atoms with Crippen LogP contribution in [0.4, 0.5) is 11.7 Å². The van der Waals surface area contributed by atoms with Crippen LogP contribution in [-0.4, -0.2) is 28.1 Å². The fraction of sp³-hybridized carbons (Fsp3) is 0.0625. The minimum absolute atomic E-state index is 0.0933. The first kappa shape index (κ1) is 16.1. The van der Waals surface area contributed by atoms with Crippen molar-refractivity contribution in [2.45, 2.75) is 0 Å². The van der Waals surface area contributed by atoms with E-state index in [1.807, 2.05) is 0 Å². The molecule has 0 radical (unpaired) electrons. The predicted molar refractivity (Wildman–Crippen MR) is 87.3 cm³/mol. The van der Waals surface area contributed by atoms with E-state index in [-0.39, 0.29) is 23.2 Å². The van der Waals surface area contributed by atoms with Crippen molar-refractivity contribution in [1.82, 2.24) is 10.2 Å². The summed E-state index contributed by atoms with van der Waals surface area (Å²) in [5, 5.41) is 20.7. The number of aromatic nitrogens is 2. The second-order valence-electron chi connectivity index (χ2n) is 4.87. The molecule has 0 saturated carbocycles. The lowest BCUT2D eigenvalue weighted by Crippen LogP contribution is -2.12. The van der Waals surface area contributed by atoms with E-state index in [1.54, 1.807) is 24.3 Å². The smallest absolute Gasteiger partial charge is 0.322 e. The number of methoxy groups -OCH3 is 1. The van der Waals surface area contributed by atoms with Crippen LogP contribution in [0.15, 0.2) is 52.9 Å². The molecule has 3 rings (SSSR count). The van der Waals surface area contributed by atoms with Gasteiger partial charge in [-0.15, -0.1) is 5.10 Å². The number of amides is 1. The van der Waals surface area contributed by atoms with E-state index in [0.29, 0.717) is 11.3 Å². The Morgan fingerprint density at radius 2 is 1.88 bits per heavy atom. The lowest BCUT2D eigenvalue weighted by atomic mass is 10.2. The van der Waals surface area contributed by atoms with Crippen LogP contribution in [0.3, 0.4) is 0 Å². The van der Waals surface area contributed by atoms with Crippen molar-refractivity contribution in [1.29, 1.82) is 0 Å². The van der Waals surface area contributed by atoms with Gasteiger partial charge in [0, 0.05) is 17.7 Å². The molecule has 1 aromatic heterocycles. The summed E-state index contributed by atoms with van der Waals surface area (Å²) in [7, 11) is 1.52. The fourth-order valence-corrected chi connectivity index (χ4v) is 2.11. The fourth-order valence-electron chi connectivity index (χ4n) is 2.11. The second kappa shape index (κ2) is 6.79. The summed E-state index contributed by atoms with van der Waals surface area (Å²) in [5.41, 5.74) is 0.712. The van der Waals surface area contributed by atoms with E-state index >= 15 is 0 Å². The van der Waals surface area contributed by atoms with Crippen molar-refractivity contribution < 1.29 is 18.9 Å². The molecule has 2 aromatic carbocycles. The number of ether oxygens (including phenoxy) is 1. The predicted octanol–water partition coefficient (Wildman–Crippen LogP) is 2.91. The summed E-state index contributed by atoms with van der Waals surface area (Å²) in [6.45, 7) is 0. The molecule has 0 saturated heterocycles. The first-order chi connectivity index (χ1) is 12.1. The Morgan fingerprint density at radius 1 is 1.16 bits per heavy atom. The van der Waals surface area contributed by atoms with Gasteiger partial charge in [-0.2, -0.15) is 0 Å². The highest BCUT2D eigenvalue weighted by molar-refractivity contribution is 6.03. The molecule has 0 spiro atoms. The molecule has 0 fully saturated rings. The third-order valence-electron chi connectivity index (χ3n) is 3.32. The van der Waals surface area contributed by atoms with Crippen LogP contribution in [0.2, 0.25) is 0 Å². The summed E-state index contributed by atoms with van der Waals surface area (Å²) in [5.74, 6) is 0.223. The summed E-state index contributed by atoms with van der Waals surface area (Å²) >= 11 is 0. The van der Waals surface area contributed by atoms with E-state index in [9.17, 15) is 14.9 Å². The van der Waals surface area contributed by atoms with Gasteiger partial charge in [-0.05, 0) is 24.3 Å². The molecule has 9 nitrogen and oxygen atoms in total. The third kappa shape index (κ3) is 3.44. The maximum Gasteiger partial charge on any atom is 0.322 e. The van der Waals surface area contributed by atoms with Crippen LogP contribution in [-0.2, 0) is 0 Å². The number of nitrogens with one attached hydrogen (secondary N) is 1. The zero-order chi connectivity index (χ0) is 17.8. The molecule has 0 aliphatic rings. The number of non-ortho nitro benzene ring substituents is 1. The van der Waals surface area contributed by atoms with E-state index < -0.39 is 10.8 Å². The molecule has 126 valence electrons. The molecule has 0 bridgehead atoms. The minimum Gasteiger partial charge on any atom is -0.496 e. The lowest BCUT2D eigenvalue weighted by molar-refractivity contribution is -0.384. The van der Waals surface area contributed by atoms with Crippen molar-refractivity contribution in [3.8, 4) is 17.2 Å². The van der Waals surface area contributed by atoms with Gasteiger partial charge in [0.05, 0.1) is 17.6 Å². The van der Waals surface area contributed by atoms with Crippen LogP contribution in [0.1, 0.15) is 10.4 Å². The largest absolute Gasteiger partial charge is 0.496 e. The van der Waals surface area contributed by atoms with Gasteiger partial charge >= 0.3 is 6.01 Å². The SMILES string of the molecule is COc1ccccc1-c1nnc(NC(=O)c2ccc([N+](=O)[O-])cc2)o1. The summed E-state index contributed by atoms with van der Waals surface area (Å²) in [6.07, 6.45) is 0. The van der Waals surface area contributed by atoms with E-state index in [2.05, 4.69) is 15.5 Å². The molecule has 0 unspecified atom stereocenters. The molecule has 25 heavy (non-hydrogen) atoms. The maximum absolute atomic E-state index is 12.1. The zero-order valence-corrected chi connectivity index (χ0v) is 13.0. The number of anilines is 1. The van der Waals surface area contributed by atoms with Gasteiger partial charge in [0.2, 0.25) is 0 Å². The topological polar surface area (TPSA) is 120 Å². The average Bonchev–Trinajstić information content (AvgIpc) is 3.10. The van der Waals surface area contributed by atoms with Crippen molar-refractivity contribution in [2.24, 2.45) is 0 Å². The Balaban J connectivity index is 1.77. The highest BCUT2D eigenvalue weighted by Gasteiger charge is 2.16. The number of hydrogen-bond donors (Lipinski definition) is 1. The van der Waals surface area contributed by atoms with Crippen LogP contribution in [0.25, 0.3) is 11.5 Å². The summed E-state index contributed by atoms with van der Waals surface area (Å²) in [4.78, 5) is 22.2. The number of carbonyl (C=O) groups excluding carboxylic acids is 1. The van der Waals surface area contributed by atoms with Gasteiger partial charge in [-0.1, -0.05) is 17.2 Å². The van der Waals surface area contributed by atoms with Crippen molar-refractivity contribution in [2.75, 3.05) is 12.4 Å². The normalized spacial score (nSPS) is 10.3. The number of rotatable bonds is 5. The number of nitrogens with zero attached hydrogens (tertiary/aromatic N) is 3. The van der Waals surface area contributed by atoms with Crippen LogP contribution in [0, 0.1) is 10.1 Å². The summed E-state index contributed by atoms with van der Waals surface area (Å²) < 4.78 is 10.6. The molecule has 1 heterocycles. The second-order valence-corrected chi connectivity index (χ2v) is 4.87. The molecular weight excluding hydrogens is 328 g/mol. The number of carbonyl (C=O) groups is 1. The Kier molecular flexibility index (Phi) is 4.38. The molecule has 0 aliphatic heterocycles. The number of nitro groups is 1. The van der Waals surface area contributed by atoms with Crippen molar-refractivity contribution in [3.63, 3.8) is 0 Å². The highest BCUT2D eigenvalue weighted by atomic mass is 16.6. The number of para-hydroxylation sites is 1. The third-order valence-corrected chi connectivity index (χ3v) is 3.32. The molecule has 1 amide bonds. The van der Waals surface area contributed by atoms with Gasteiger partial charge < -0.3 is 9.15 Å². The van der Waals surface area contributed by atoms with Gasteiger partial charge in [-0.25, -0.2) is 0 Å². The number of benzene rings is 2. The minimum atomic E-state index is -0.542. The average molecular weight is 340 g/mol. The van der Waals surface area contributed by atoms with Crippen LogP contribution < -0.4 is 10.1 Å². The van der Waals surface area contributed by atoms with Gasteiger partial charge in [-0.3, -0.25) is 20.2 Å². The molecule has 0 atom stereocenters. The molecule has 1 N–H and O–H groups in total. The monoisotopic (exact) mass is 340 g/mol. The van der Waals surface area contributed by atoms with Gasteiger partial charge in [0.1, 0.15) is 5.75 Å². The first-order valence-corrected chi connectivity index (χ1v) is 7.11. The zero-order valence-electron chi connectivity index (χ0n) is 13.0. The standard InChI is InChI=1S/C16H12N4O5/c1-24-13-5-3-2-4-12(13)15-18-19-16(25-15)17-14(21)10-6-8-11(9-7-10)20(22)23/h2-9H,1H3,(H,17,19,21). The first-order valence-electron chi connectivity index (χ1n) is 7.11. The molecular formula is C16H12N4O5. The quantitative estimate of drug-likeness (QED) is 0.560. The van der Waals surface area contributed by atoms with Crippen LogP contribution >= 0.6 is 0 Å². The van der Waals surface area contributed by atoms with Crippen molar-refractivity contribution in [3.05, 3.63) is 64.2 Å². The number of hydrogen-bond acceptors (Lipinski definition) is 7. The molecule has 0 aliphatic carbocycles. The number of nitro benzene ring substituents is 1. The molecule has 9 heteroatoms. The maximum atomic E-state index is 12.1. The van der Waals surface area contributed by atoms with E-state index in [4.69, 9.17) is 9.15 Å².